The number of halogens is 2. The Hall–Kier alpha value is 0.738. The molecule has 0 aliphatic heterocycles. The van der Waals surface area contributed by atoms with E-state index in [2.05, 4.69) is 63.5 Å². The maximum absolute atomic E-state index is 4.97. The van der Waals surface area contributed by atoms with Gasteiger partial charge in [0.25, 0.3) is 0 Å². The molecule has 0 saturated heterocycles. The van der Waals surface area contributed by atoms with Crippen molar-refractivity contribution in [1.29, 1.82) is 0 Å². The van der Waals surface area contributed by atoms with Crippen LogP contribution in [0.2, 0.25) is 39.3 Å². The predicted molar refractivity (Wildman–Crippen MR) is 107 cm³/mol. The van der Waals surface area contributed by atoms with Crippen LogP contribution in [-0.4, -0.2) is 16.5 Å². The van der Waals surface area contributed by atoms with Gasteiger partial charge in [-0.05, 0) is 0 Å². The van der Waals surface area contributed by atoms with Crippen molar-refractivity contribution in [3.05, 3.63) is 60.7 Å². The van der Waals surface area contributed by atoms with Crippen LogP contribution in [0.25, 0.3) is 9.96 Å². The van der Waals surface area contributed by atoms with Crippen LogP contribution in [0.15, 0.2) is 30.3 Å². The first-order valence-corrected chi connectivity index (χ1v) is 17.2. The van der Waals surface area contributed by atoms with Gasteiger partial charge >= 0.3 is 34.1 Å². The van der Waals surface area contributed by atoms with E-state index in [1.165, 1.54) is 5.56 Å². The molecule has 22 heavy (non-hydrogen) atoms. The third-order valence-electron chi connectivity index (χ3n) is 2.12. The van der Waals surface area contributed by atoms with Gasteiger partial charge < -0.3 is 24.8 Å². The molecule has 0 aromatic heterocycles. The van der Waals surface area contributed by atoms with E-state index in [4.69, 9.17) is 29.7 Å². The molecule has 2 nitrogen and oxygen atoms in total. The molecule has 0 heterocycles. The van der Waals surface area contributed by atoms with Crippen LogP contribution in [-0.2, 0) is 14.4 Å². The normalized spacial score (nSPS) is 10.8. The first-order valence-electron chi connectivity index (χ1n) is 6.50. The van der Waals surface area contributed by atoms with E-state index in [9.17, 15) is 0 Å². The summed E-state index contributed by atoms with van der Waals surface area (Å²) in [5.41, 5.74) is 1.23. The second-order valence-corrected chi connectivity index (χ2v) is 18.0. The second-order valence-electron chi connectivity index (χ2n) is 6.45. The molecule has 0 amide bonds. The molecule has 0 aliphatic rings. The van der Waals surface area contributed by atoms with E-state index in [1.807, 2.05) is 6.07 Å². The summed E-state index contributed by atoms with van der Waals surface area (Å²) in [7, 11) is 6.82. The first kappa shape index (κ1) is 27.6. The van der Waals surface area contributed by atoms with Crippen LogP contribution in [0, 0.1) is 14.9 Å². The standard InChI is InChI=1S/C13H24N2Si2.2CH3.2ClH.V/c1-16(2,3)14-13(15-17(4,5)6)12-10-8-7-9-11-12;;;;;/h7-11,13H,1-6H3;2*1H3;2*1H;/q-2;2*-1;;;+2/p-2. The summed E-state index contributed by atoms with van der Waals surface area (Å²) in [4.78, 5) is 9.94. The second kappa shape index (κ2) is 13.1. The Morgan fingerprint density at radius 3 is 1.41 bits per heavy atom. The number of hydrogen-bond donors (Lipinski definition) is 0. The summed E-state index contributed by atoms with van der Waals surface area (Å²) >= 11 is -0.368. The number of hydrogen-bond acceptors (Lipinski definition) is 0. The van der Waals surface area contributed by atoms with E-state index in [0.29, 0.717) is 0 Å². The topological polar surface area (TPSA) is 28.2 Å². The monoisotopic (exact) mass is 415 g/mol. The van der Waals surface area contributed by atoms with Crippen LogP contribution in [0.1, 0.15) is 11.7 Å². The summed E-state index contributed by atoms with van der Waals surface area (Å²) < 4.78 is 0. The summed E-state index contributed by atoms with van der Waals surface area (Å²) in [6.07, 6.45) is 0.0505. The van der Waals surface area contributed by atoms with Crippen molar-refractivity contribution in [2.24, 2.45) is 0 Å². The zero-order valence-corrected chi connectivity index (χ0v) is 20.0. The molecule has 0 N–H and O–H groups in total. The Balaban J connectivity index is -0.000000666. The Bertz CT molecular complexity index is 352. The minimum atomic E-state index is -1.45. The van der Waals surface area contributed by atoms with Gasteiger partial charge in [-0.2, -0.15) is 0 Å². The van der Waals surface area contributed by atoms with E-state index in [1.54, 1.807) is 0 Å². The average molecular weight is 416 g/mol. The molecule has 0 atom stereocenters. The molecule has 0 spiro atoms. The van der Waals surface area contributed by atoms with Crippen molar-refractivity contribution in [2.75, 3.05) is 0 Å². The van der Waals surface area contributed by atoms with Crippen LogP contribution < -0.4 is 0 Å². The van der Waals surface area contributed by atoms with Crippen molar-refractivity contribution >= 4 is 36.2 Å². The van der Waals surface area contributed by atoms with E-state index in [-0.39, 0.29) is 35.4 Å². The van der Waals surface area contributed by atoms with E-state index < -0.39 is 16.5 Å². The number of benzene rings is 1. The van der Waals surface area contributed by atoms with Gasteiger partial charge in [-0.25, -0.2) is 6.17 Å². The zero-order chi connectivity index (χ0) is 15.8. The van der Waals surface area contributed by atoms with Crippen LogP contribution in [0.4, 0.5) is 0 Å². The molecule has 7 heteroatoms. The van der Waals surface area contributed by atoms with Crippen molar-refractivity contribution in [3.8, 4) is 0 Å². The molecular weight excluding hydrogens is 386 g/mol. The zero-order valence-electron chi connectivity index (χ0n) is 15.1. The minimum absolute atomic E-state index is 0. The fourth-order valence-corrected chi connectivity index (χ4v) is 3.53. The summed E-state index contributed by atoms with van der Waals surface area (Å²) in [6.45, 7) is 13.6. The average Bonchev–Trinajstić information content (AvgIpc) is 2.26. The van der Waals surface area contributed by atoms with Crippen molar-refractivity contribution in [3.63, 3.8) is 0 Å². The van der Waals surface area contributed by atoms with Gasteiger partial charge in [0.15, 0.2) is 0 Å². The molecule has 1 rings (SSSR count). The third-order valence-corrected chi connectivity index (χ3v) is 4.16. The SMILES string of the molecule is C[Si](C)(C)[N-]C([N-][Si](C)(C)C)c1ccccc1.[CH3-].[CH3-].[Cl][V][Cl]. The van der Waals surface area contributed by atoms with Gasteiger partial charge in [0.1, 0.15) is 0 Å². The van der Waals surface area contributed by atoms with Crippen molar-refractivity contribution in [2.45, 2.75) is 45.4 Å². The Kier molecular flexibility index (Phi) is 16.4. The molecule has 0 saturated carbocycles. The molecule has 131 valence electrons. The molecule has 0 radical (unpaired) electrons. The van der Waals surface area contributed by atoms with E-state index in [0.717, 1.165) is 0 Å². The van der Waals surface area contributed by atoms with Crippen LogP contribution >= 0.6 is 19.7 Å². The molecule has 0 fully saturated rings. The molecule has 1 aromatic rings. The van der Waals surface area contributed by atoms with Gasteiger partial charge in [0, 0.05) is 0 Å². The molecule has 1 aromatic carbocycles. The van der Waals surface area contributed by atoms with Crippen LogP contribution in [0.5, 0.6) is 0 Å². The van der Waals surface area contributed by atoms with Gasteiger partial charge in [-0.3, -0.25) is 0 Å². The number of nitrogens with zero attached hydrogens (tertiary/aromatic N) is 2. The van der Waals surface area contributed by atoms with Crippen molar-refractivity contribution < 1.29 is 14.4 Å². The molecular formula is C15H30Cl2N2Si2V-4. The Labute approximate surface area is 156 Å². The molecule has 0 aliphatic carbocycles. The molecule has 0 bridgehead atoms. The summed E-state index contributed by atoms with van der Waals surface area (Å²) in [6, 6.07) is 10.5. The van der Waals surface area contributed by atoms with E-state index >= 15 is 0 Å². The quantitative estimate of drug-likeness (QED) is 0.354. The van der Waals surface area contributed by atoms with Crippen LogP contribution in [0.3, 0.4) is 0 Å². The summed E-state index contributed by atoms with van der Waals surface area (Å²) in [5, 5.41) is 0. The van der Waals surface area contributed by atoms with Gasteiger partial charge in [-0.1, -0.05) is 91.6 Å². The Morgan fingerprint density at radius 2 is 1.14 bits per heavy atom. The first-order chi connectivity index (χ1) is 9.09. The maximum atomic E-state index is 4.97. The number of rotatable bonds is 5. The fourth-order valence-electron chi connectivity index (χ4n) is 1.54. The van der Waals surface area contributed by atoms with Gasteiger partial charge in [0.2, 0.25) is 0 Å². The Morgan fingerprint density at radius 1 is 0.818 bits per heavy atom. The van der Waals surface area contributed by atoms with Crippen molar-refractivity contribution in [1.82, 2.24) is 0 Å². The predicted octanol–water partition coefficient (Wildman–Crippen LogP) is 7.38. The third kappa shape index (κ3) is 15.6. The fraction of sp³-hybridized carbons (Fsp3) is 0.467. The van der Waals surface area contributed by atoms with Gasteiger partial charge in [-0.15, -0.1) is 0 Å². The summed E-state index contributed by atoms with van der Waals surface area (Å²) in [5.74, 6) is 0. The molecule has 0 unspecified atom stereocenters. The van der Waals surface area contributed by atoms with Gasteiger partial charge in [0.05, 0.1) is 0 Å².